The fourth-order valence-corrected chi connectivity index (χ4v) is 2.88. The molecule has 112 valence electrons. The molecule has 0 saturated carbocycles. The van der Waals surface area contributed by atoms with Crippen LogP contribution in [-0.2, 0) is 4.57 Å². The van der Waals surface area contributed by atoms with E-state index in [1.54, 1.807) is 0 Å². The maximum absolute atomic E-state index is 11.5. The first-order valence-corrected chi connectivity index (χ1v) is 8.19. The van der Waals surface area contributed by atoms with E-state index in [0.717, 1.165) is 10.9 Å². The van der Waals surface area contributed by atoms with Crippen LogP contribution in [0.4, 0.5) is 0 Å². The summed E-state index contributed by atoms with van der Waals surface area (Å²) in [6.45, 7) is 8.34. The van der Waals surface area contributed by atoms with Crippen LogP contribution in [0.2, 0.25) is 0 Å². The Kier molecular flexibility index (Phi) is 5.46. The van der Waals surface area contributed by atoms with E-state index in [0.29, 0.717) is 0 Å². The first kappa shape index (κ1) is 16.4. The lowest BCUT2D eigenvalue weighted by atomic mass is 10.0. The van der Waals surface area contributed by atoms with Crippen molar-refractivity contribution in [3.05, 3.63) is 81.2 Å². The third kappa shape index (κ3) is 3.81. The zero-order valence-electron chi connectivity index (χ0n) is 13.6. The van der Waals surface area contributed by atoms with Crippen molar-refractivity contribution in [2.24, 2.45) is 0 Å². The minimum absolute atomic E-state index is 0.0371. The van der Waals surface area contributed by atoms with Crippen LogP contribution in [0.5, 0.6) is 0 Å². The van der Waals surface area contributed by atoms with E-state index in [-0.39, 0.29) is 8.46 Å². The summed E-state index contributed by atoms with van der Waals surface area (Å²) in [5.41, 5.74) is 7.18. The molecule has 0 bridgehead atoms. The van der Waals surface area contributed by atoms with Gasteiger partial charge in [0.1, 0.15) is 0 Å². The Bertz CT molecular complexity index is 714. The summed E-state index contributed by atoms with van der Waals surface area (Å²) < 4.78 is 11.5. The molecule has 0 aliphatic rings. The molecule has 0 aliphatic heterocycles. The van der Waals surface area contributed by atoms with Gasteiger partial charge in [-0.3, -0.25) is 4.57 Å². The molecule has 0 spiro atoms. The van der Waals surface area contributed by atoms with E-state index >= 15 is 0 Å². The second-order valence-electron chi connectivity index (χ2n) is 5.60. The number of hydrogen-bond donors (Lipinski definition) is 0. The van der Waals surface area contributed by atoms with Crippen molar-refractivity contribution >= 4 is 20.6 Å². The lowest BCUT2D eigenvalue weighted by Crippen LogP contribution is -1.86. The van der Waals surface area contributed by atoms with Gasteiger partial charge in [-0.25, -0.2) is 0 Å². The minimum Gasteiger partial charge on any atom is -0.269 e. The quantitative estimate of drug-likeness (QED) is 0.481. The van der Waals surface area contributed by atoms with Crippen LogP contribution in [0.15, 0.2) is 47.8 Å². The number of benzene rings is 2. The third-order valence-electron chi connectivity index (χ3n) is 3.90. The van der Waals surface area contributed by atoms with Crippen molar-refractivity contribution in [3.8, 4) is 0 Å². The topological polar surface area (TPSA) is 17.1 Å². The fourth-order valence-electron chi connectivity index (χ4n) is 2.57. The molecule has 0 heterocycles. The van der Waals surface area contributed by atoms with E-state index in [9.17, 15) is 4.57 Å². The molecular weight excluding hydrogens is 287 g/mol. The summed E-state index contributed by atoms with van der Waals surface area (Å²) in [5.74, 6) is 0. The standard InChI is InChI=1S/C20H21OP/c1-14-7-5-8-15(2)19(14)12-11-18(22-21)13-20-16(3)9-6-10-17(20)4/h5-13H,1-4H3. The molecule has 0 aliphatic carbocycles. The zero-order chi connectivity index (χ0) is 16.1. The van der Waals surface area contributed by atoms with Crippen molar-refractivity contribution in [2.75, 3.05) is 0 Å². The Morgan fingerprint density at radius 3 is 1.73 bits per heavy atom. The summed E-state index contributed by atoms with van der Waals surface area (Å²) in [5, 5.41) is 0.778. The molecule has 2 heteroatoms. The molecule has 2 aromatic rings. The van der Waals surface area contributed by atoms with Gasteiger partial charge < -0.3 is 0 Å². The van der Waals surface area contributed by atoms with E-state index in [1.165, 1.54) is 27.8 Å². The van der Waals surface area contributed by atoms with Crippen LogP contribution in [0.1, 0.15) is 33.4 Å². The van der Waals surface area contributed by atoms with Crippen LogP contribution in [0.3, 0.4) is 0 Å². The lowest BCUT2D eigenvalue weighted by molar-refractivity contribution is 0.602. The number of allylic oxidation sites excluding steroid dienone is 2. The van der Waals surface area contributed by atoms with Gasteiger partial charge in [0, 0.05) is 5.31 Å². The predicted octanol–water partition coefficient (Wildman–Crippen LogP) is 6.27. The summed E-state index contributed by atoms with van der Waals surface area (Å²) in [6, 6.07) is 12.4. The van der Waals surface area contributed by atoms with Crippen molar-refractivity contribution < 1.29 is 4.57 Å². The van der Waals surface area contributed by atoms with Gasteiger partial charge in [-0.2, -0.15) is 0 Å². The molecule has 0 N–H and O–H groups in total. The van der Waals surface area contributed by atoms with Crippen LogP contribution < -0.4 is 0 Å². The molecule has 2 aromatic carbocycles. The minimum atomic E-state index is 0.0371. The Hall–Kier alpha value is -1.98. The van der Waals surface area contributed by atoms with E-state index in [4.69, 9.17) is 0 Å². The van der Waals surface area contributed by atoms with Crippen LogP contribution in [0.25, 0.3) is 12.2 Å². The highest BCUT2D eigenvalue weighted by Crippen LogP contribution is 2.24. The zero-order valence-corrected chi connectivity index (χ0v) is 14.4. The second kappa shape index (κ2) is 7.33. The van der Waals surface area contributed by atoms with Crippen molar-refractivity contribution in [1.29, 1.82) is 0 Å². The first-order chi connectivity index (χ1) is 10.5. The molecule has 0 fully saturated rings. The molecule has 22 heavy (non-hydrogen) atoms. The molecule has 0 saturated heterocycles. The van der Waals surface area contributed by atoms with Crippen molar-refractivity contribution in [2.45, 2.75) is 27.7 Å². The summed E-state index contributed by atoms with van der Waals surface area (Å²) in [7, 11) is 0.0371. The van der Waals surface area contributed by atoms with Crippen molar-refractivity contribution in [3.63, 3.8) is 0 Å². The fraction of sp³-hybridized carbons (Fsp3) is 0.200. The van der Waals surface area contributed by atoms with Gasteiger partial charge >= 0.3 is 0 Å². The van der Waals surface area contributed by atoms with Crippen LogP contribution in [-0.4, -0.2) is 0 Å². The summed E-state index contributed by atoms with van der Waals surface area (Å²) in [6.07, 6.45) is 5.99. The molecule has 0 amide bonds. The molecule has 2 rings (SSSR count). The summed E-state index contributed by atoms with van der Waals surface area (Å²) >= 11 is 0. The van der Waals surface area contributed by atoms with Gasteiger partial charge in [-0.05, 0) is 73.2 Å². The Balaban J connectivity index is 2.39. The highest BCUT2D eigenvalue weighted by atomic mass is 31.1. The lowest BCUT2D eigenvalue weighted by Gasteiger charge is -2.06. The van der Waals surface area contributed by atoms with Gasteiger partial charge in [0.05, 0.1) is 0 Å². The Labute approximate surface area is 134 Å². The Morgan fingerprint density at radius 1 is 0.818 bits per heavy atom. The first-order valence-electron chi connectivity index (χ1n) is 7.38. The van der Waals surface area contributed by atoms with Crippen LogP contribution in [0, 0.1) is 27.7 Å². The maximum atomic E-state index is 11.5. The molecule has 0 atom stereocenters. The van der Waals surface area contributed by atoms with E-state index < -0.39 is 0 Å². The number of hydrogen-bond acceptors (Lipinski definition) is 1. The van der Waals surface area contributed by atoms with Gasteiger partial charge in [-0.15, -0.1) is 0 Å². The molecule has 1 nitrogen and oxygen atoms in total. The van der Waals surface area contributed by atoms with E-state index in [1.807, 2.05) is 18.2 Å². The van der Waals surface area contributed by atoms with Gasteiger partial charge in [-0.1, -0.05) is 42.5 Å². The highest BCUT2D eigenvalue weighted by molar-refractivity contribution is 7.30. The van der Waals surface area contributed by atoms with Gasteiger partial charge in [0.2, 0.25) is 0 Å². The maximum Gasteiger partial charge on any atom is 0.192 e. The van der Waals surface area contributed by atoms with E-state index in [2.05, 4.69) is 64.1 Å². The average Bonchev–Trinajstić information content (AvgIpc) is 2.48. The largest absolute Gasteiger partial charge is 0.269 e. The second-order valence-corrected chi connectivity index (χ2v) is 6.30. The van der Waals surface area contributed by atoms with Gasteiger partial charge in [0.25, 0.3) is 0 Å². The smallest absolute Gasteiger partial charge is 0.192 e. The average molecular weight is 308 g/mol. The van der Waals surface area contributed by atoms with Crippen LogP contribution >= 0.6 is 8.46 Å². The SMILES string of the molecule is Cc1cccc(C)c1C=CC(=Cc1c(C)cccc1C)P=O. The van der Waals surface area contributed by atoms with Crippen molar-refractivity contribution in [1.82, 2.24) is 0 Å². The molecule has 0 aromatic heterocycles. The summed E-state index contributed by atoms with van der Waals surface area (Å²) in [4.78, 5) is 0. The number of aryl methyl sites for hydroxylation is 4. The Morgan fingerprint density at radius 2 is 1.27 bits per heavy atom. The monoisotopic (exact) mass is 308 g/mol. The van der Waals surface area contributed by atoms with Gasteiger partial charge in [0.15, 0.2) is 8.46 Å². The molecule has 0 radical (unpaired) electrons. The highest BCUT2D eigenvalue weighted by Gasteiger charge is 2.02. The normalized spacial score (nSPS) is 12.3. The number of rotatable bonds is 4. The third-order valence-corrected chi connectivity index (χ3v) is 4.39. The molecule has 0 unspecified atom stereocenters. The molecular formula is C20H21OP. The predicted molar refractivity (Wildman–Crippen MR) is 96.4 cm³/mol.